The van der Waals surface area contributed by atoms with Gasteiger partial charge in [0.25, 0.3) is 0 Å². The van der Waals surface area contributed by atoms with E-state index >= 15 is 0 Å². The van der Waals surface area contributed by atoms with E-state index in [1.54, 1.807) is 0 Å². The average Bonchev–Trinajstić information content (AvgIpc) is 2.40. The Kier molecular flexibility index (Phi) is 2.50. The van der Waals surface area contributed by atoms with Crippen molar-refractivity contribution in [1.82, 2.24) is 4.90 Å². The van der Waals surface area contributed by atoms with Gasteiger partial charge in [0.15, 0.2) is 0 Å². The Morgan fingerprint density at radius 3 is 2.17 bits per heavy atom. The Bertz CT molecular complexity index is 146. The van der Waals surface area contributed by atoms with Crippen molar-refractivity contribution in [2.75, 3.05) is 20.1 Å². The molecule has 0 aliphatic heterocycles. The summed E-state index contributed by atoms with van der Waals surface area (Å²) in [7, 11) is 2.16. The van der Waals surface area contributed by atoms with Gasteiger partial charge in [-0.2, -0.15) is 0 Å². The highest BCUT2D eigenvalue weighted by atomic mass is 15.1. The topological polar surface area (TPSA) is 29.3 Å². The van der Waals surface area contributed by atoms with E-state index in [2.05, 4.69) is 32.7 Å². The molecule has 0 unspecified atom stereocenters. The molecule has 0 heterocycles. The predicted octanol–water partition coefficient (Wildman–Crippen LogP) is 1.46. The van der Waals surface area contributed by atoms with Gasteiger partial charge in [-0.3, -0.25) is 0 Å². The van der Waals surface area contributed by atoms with Gasteiger partial charge in [0, 0.05) is 18.6 Å². The van der Waals surface area contributed by atoms with Gasteiger partial charge in [0.1, 0.15) is 0 Å². The molecule has 0 aromatic carbocycles. The monoisotopic (exact) mass is 170 g/mol. The molecular weight excluding hydrogens is 148 g/mol. The first-order valence-corrected chi connectivity index (χ1v) is 4.78. The van der Waals surface area contributed by atoms with Crippen LogP contribution < -0.4 is 5.73 Å². The fraction of sp³-hybridized carbons (Fsp3) is 1.00. The van der Waals surface area contributed by atoms with Crippen LogP contribution in [-0.4, -0.2) is 30.6 Å². The van der Waals surface area contributed by atoms with Gasteiger partial charge in [0.2, 0.25) is 0 Å². The summed E-state index contributed by atoms with van der Waals surface area (Å²) >= 11 is 0. The maximum Gasteiger partial charge on any atom is 0.0284 e. The minimum atomic E-state index is 0.167. The molecular formula is C10H22N2. The molecule has 1 rings (SSSR count). The average molecular weight is 170 g/mol. The van der Waals surface area contributed by atoms with Crippen LogP contribution in [0.5, 0.6) is 0 Å². The first-order valence-electron chi connectivity index (χ1n) is 4.78. The molecule has 2 nitrogen and oxygen atoms in total. The predicted molar refractivity (Wildman–Crippen MR) is 53.1 cm³/mol. The molecule has 0 aromatic rings. The summed E-state index contributed by atoms with van der Waals surface area (Å²) in [6.45, 7) is 8.98. The van der Waals surface area contributed by atoms with Crippen LogP contribution in [0.25, 0.3) is 0 Å². The number of nitrogens with zero attached hydrogens (tertiary/aromatic N) is 1. The summed E-state index contributed by atoms with van der Waals surface area (Å²) in [5, 5.41) is 0. The van der Waals surface area contributed by atoms with E-state index in [0.717, 1.165) is 13.1 Å². The van der Waals surface area contributed by atoms with Crippen LogP contribution in [0.2, 0.25) is 0 Å². The van der Waals surface area contributed by atoms with E-state index in [1.807, 2.05) is 0 Å². The third kappa shape index (κ3) is 3.55. The highest BCUT2D eigenvalue weighted by Gasteiger charge is 2.39. The lowest BCUT2D eigenvalue weighted by atomic mass is 9.96. The van der Waals surface area contributed by atoms with E-state index < -0.39 is 0 Å². The van der Waals surface area contributed by atoms with Crippen LogP contribution in [0.3, 0.4) is 0 Å². The van der Waals surface area contributed by atoms with Crippen LogP contribution in [0.15, 0.2) is 0 Å². The van der Waals surface area contributed by atoms with Crippen LogP contribution >= 0.6 is 0 Å². The van der Waals surface area contributed by atoms with Crippen LogP contribution in [-0.2, 0) is 0 Å². The number of hydrogen-bond donors (Lipinski definition) is 1. The standard InChI is InChI=1S/C10H22N2/c1-9(2,3)7-12(4)8-10(11)5-6-10/h5-8,11H2,1-4H3. The second kappa shape index (κ2) is 3.00. The molecule has 0 spiro atoms. The zero-order valence-corrected chi connectivity index (χ0v) is 8.85. The molecule has 0 aromatic heterocycles. The lowest BCUT2D eigenvalue weighted by Gasteiger charge is -2.28. The van der Waals surface area contributed by atoms with E-state index in [9.17, 15) is 0 Å². The summed E-state index contributed by atoms with van der Waals surface area (Å²) in [6.07, 6.45) is 2.42. The van der Waals surface area contributed by atoms with Crippen molar-refractivity contribution in [2.24, 2.45) is 11.1 Å². The summed E-state index contributed by atoms with van der Waals surface area (Å²) in [5.74, 6) is 0. The summed E-state index contributed by atoms with van der Waals surface area (Å²) in [6, 6.07) is 0. The summed E-state index contributed by atoms with van der Waals surface area (Å²) < 4.78 is 0. The van der Waals surface area contributed by atoms with Gasteiger partial charge < -0.3 is 10.6 Å². The molecule has 1 aliphatic rings. The highest BCUT2D eigenvalue weighted by Crippen LogP contribution is 2.33. The molecule has 2 N–H and O–H groups in total. The summed E-state index contributed by atoms with van der Waals surface area (Å²) in [5.41, 5.74) is 6.58. The Morgan fingerprint density at radius 1 is 1.33 bits per heavy atom. The van der Waals surface area contributed by atoms with Gasteiger partial charge >= 0.3 is 0 Å². The van der Waals surface area contributed by atoms with Crippen LogP contribution in [0.1, 0.15) is 33.6 Å². The van der Waals surface area contributed by atoms with Crippen molar-refractivity contribution in [2.45, 2.75) is 39.2 Å². The quantitative estimate of drug-likeness (QED) is 0.694. The molecule has 2 heteroatoms. The first kappa shape index (κ1) is 10.0. The molecule has 72 valence electrons. The van der Waals surface area contributed by atoms with Gasteiger partial charge in [-0.1, -0.05) is 20.8 Å². The largest absolute Gasteiger partial charge is 0.324 e. The normalized spacial score (nSPS) is 21.5. The second-order valence-corrected chi connectivity index (χ2v) is 5.60. The molecule has 0 bridgehead atoms. The lowest BCUT2D eigenvalue weighted by molar-refractivity contribution is 0.212. The zero-order chi connectivity index (χ0) is 9.41. The molecule has 0 amide bonds. The Morgan fingerprint density at radius 2 is 1.83 bits per heavy atom. The fourth-order valence-corrected chi connectivity index (χ4v) is 1.72. The van der Waals surface area contributed by atoms with E-state index in [4.69, 9.17) is 5.73 Å². The molecule has 1 aliphatic carbocycles. The van der Waals surface area contributed by atoms with Crippen molar-refractivity contribution in [3.8, 4) is 0 Å². The lowest BCUT2D eigenvalue weighted by Crippen LogP contribution is -2.40. The van der Waals surface area contributed by atoms with E-state index in [-0.39, 0.29) is 5.54 Å². The minimum Gasteiger partial charge on any atom is -0.324 e. The maximum atomic E-state index is 6.02. The Labute approximate surface area is 76.1 Å². The first-order chi connectivity index (χ1) is 5.31. The third-order valence-corrected chi connectivity index (χ3v) is 2.22. The van der Waals surface area contributed by atoms with Crippen molar-refractivity contribution < 1.29 is 0 Å². The molecule has 12 heavy (non-hydrogen) atoms. The number of rotatable bonds is 3. The fourth-order valence-electron chi connectivity index (χ4n) is 1.72. The molecule has 0 saturated heterocycles. The Balaban J connectivity index is 2.24. The van der Waals surface area contributed by atoms with Crippen LogP contribution in [0, 0.1) is 5.41 Å². The summed E-state index contributed by atoms with van der Waals surface area (Å²) in [4.78, 5) is 2.35. The van der Waals surface area contributed by atoms with Gasteiger partial charge in [-0.05, 0) is 25.3 Å². The third-order valence-electron chi connectivity index (χ3n) is 2.22. The Hall–Kier alpha value is -0.0800. The van der Waals surface area contributed by atoms with Gasteiger partial charge in [-0.15, -0.1) is 0 Å². The van der Waals surface area contributed by atoms with E-state index in [0.29, 0.717) is 5.41 Å². The zero-order valence-electron chi connectivity index (χ0n) is 8.85. The molecule has 0 radical (unpaired) electrons. The van der Waals surface area contributed by atoms with Gasteiger partial charge in [0.05, 0.1) is 0 Å². The van der Waals surface area contributed by atoms with Gasteiger partial charge in [-0.25, -0.2) is 0 Å². The minimum absolute atomic E-state index is 0.167. The SMILES string of the molecule is CN(CC(C)(C)C)CC1(N)CC1. The number of nitrogens with two attached hydrogens (primary N) is 1. The molecule has 1 fully saturated rings. The highest BCUT2D eigenvalue weighted by molar-refractivity contribution is 5.00. The van der Waals surface area contributed by atoms with Crippen LogP contribution in [0.4, 0.5) is 0 Å². The number of hydrogen-bond acceptors (Lipinski definition) is 2. The van der Waals surface area contributed by atoms with Crippen molar-refractivity contribution in [1.29, 1.82) is 0 Å². The maximum absolute atomic E-state index is 6.02. The smallest absolute Gasteiger partial charge is 0.0284 e. The van der Waals surface area contributed by atoms with Crippen molar-refractivity contribution in [3.05, 3.63) is 0 Å². The van der Waals surface area contributed by atoms with Crippen molar-refractivity contribution in [3.63, 3.8) is 0 Å². The molecule has 1 saturated carbocycles. The number of likely N-dealkylation sites (N-methyl/N-ethyl adjacent to an activating group) is 1. The second-order valence-electron chi connectivity index (χ2n) is 5.60. The van der Waals surface area contributed by atoms with Crippen molar-refractivity contribution >= 4 is 0 Å². The van der Waals surface area contributed by atoms with E-state index in [1.165, 1.54) is 12.8 Å². The molecule has 0 atom stereocenters.